The summed E-state index contributed by atoms with van der Waals surface area (Å²) in [5.74, 6) is 1.81. The van der Waals surface area contributed by atoms with E-state index in [0.29, 0.717) is 28.2 Å². The van der Waals surface area contributed by atoms with E-state index >= 15 is 0 Å². The van der Waals surface area contributed by atoms with Crippen molar-refractivity contribution in [2.45, 2.75) is 6.61 Å². The highest BCUT2D eigenvalue weighted by molar-refractivity contribution is 6.29. The maximum absolute atomic E-state index is 6.04. The molecule has 106 valence electrons. The Hall–Kier alpha value is -1.85. The third-order valence-corrected chi connectivity index (χ3v) is 2.89. The molecule has 0 bridgehead atoms. The van der Waals surface area contributed by atoms with Crippen molar-refractivity contribution >= 4 is 11.6 Å². The van der Waals surface area contributed by atoms with E-state index in [2.05, 4.69) is 9.97 Å². The van der Waals surface area contributed by atoms with E-state index in [1.807, 2.05) is 18.2 Å². The van der Waals surface area contributed by atoms with Crippen molar-refractivity contribution in [1.29, 1.82) is 0 Å². The molecule has 0 saturated carbocycles. The highest BCUT2D eigenvalue weighted by Crippen LogP contribution is 2.37. The van der Waals surface area contributed by atoms with Gasteiger partial charge in [-0.25, -0.2) is 9.97 Å². The second-order valence-corrected chi connectivity index (χ2v) is 4.35. The number of rotatable bonds is 5. The molecule has 0 unspecified atom stereocenters. The quantitative estimate of drug-likeness (QED) is 0.794. The molecule has 1 aromatic heterocycles. The number of benzene rings is 1. The first kappa shape index (κ1) is 14.6. The SMILES string of the molecule is COCc1nc(Cl)cc(-c2c(OC)cccc2OC)n1. The molecule has 0 aliphatic carbocycles. The number of aromatic nitrogens is 2. The Bertz CT molecular complexity index is 583. The molecule has 0 aliphatic rings. The lowest BCUT2D eigenvalue weighted by Gasteiger charge is -2.13. The van der Waals surface area contributed by atoms with Crippen molar-refractivity contribution in [3.8, 4) is 22.8 Å². The fraction of sp³-hybridized carbons (Fsp3) is 0.286. The van der Waals surface area contributed by atoms with Gasteiger partial charge in [-0.1, -0.05) is 17.7 Å². The fourth-order valence-corrected chi connectivity index (χ4v) is 2.09. The van der Waals surface area contributed by atoms with Crippen molar-refractivity contribution in [3.63, 3.8) is 0 Å². The topological polar surface area (TPSA) is 53.5 Å². The van der Waals surface area contributed by atoms with Crippen LogP contribution in [0.5, 0.6) is 11.5 Å². The zero-order valence-electron chi connectivity index (χ0n) is 11.5. The normalized spacial score (nSPS) is 10.4. The van der Waals surface area contributed by atoms with Crippen molar-refractivity contribution < 1.29 is 14.2 Å². The molecule has 6 heteroatoms. The molecule has 0 fully saturated rings. The number of ether oxygens (including phenoxy) is 3. The van der Waals surface area contributed by atoms with Crippen molar-refractivity contribution in [2.24, 2.45) is 0 Å². The summed E-state index contributed by atoms with van der Waals surface area (Å²) in [6.07, 6.45) is 0. The van der Waals surface area contributed by atoms with Crippen LogP contribution in [0.15, 0.2) is 24.3 Å². The smallest absolute Gasteiger partial charge is 0.156 e. The van der Waals surface area contributed by atoms with Gasteiger partial charge in [-0.2, -0.15) is 0 Å². The summed E-state index contributed by atoms with van der Waals surface area (Å²) in [6, 6.07) is 7.19. The van der Waals surface area contributed by atoms with Gasteiger partial charge in [0.25, 0.3) is 0 Å². The van der Waals surface area contributed by atoms with Gasteiger partial charge in [-0.05, 0) is 12.1 Å². The number of hydrogen-bond donors (Lipinski definition) is 0. The molecule has 0 atom stereocenters. The number of hydrogen-bond acceptors (Lipinski definition) is 5. The van der Waals surface area contributed by atoms with Gasteiger partial charge in [-0.15, -0.1) is 0 Å². The molecule has 0 N–H and O–H groups in total. The Balaban J connectivity index is 2.60. The van der Waals surface area contributed by atoms with Gasteiger partial charge >= 0.3 is 0 Å². The molecular formula is C14H15ClN2O3. The minimum atomic E-state index is 0.283. The Morgan fingerprint density at radius 2 is 1.70 bits per heavy atom. The molecule has 2 aromatic rings. The Morgan fingerprint density at radius 1 is 1.05 bits per heavy atom. The summed E-state index contributed by atoms with van der Waals surface area (Å²) in [5, 5.41) is 0.343. The average molecular weight is 295 g/mol. The van der Waals surface area contributed by atoms with Crippen LogP contribution in [0.2, 0.25) is 5.15 Å². The molecule has 0 saturated heterocycles. The van der Waals surface area contributed by atoms with Crippen LogP contribution in [0.3, 0.4) is 0 Å². The van der Waals surface area contributed by atoms with Crippen molar-refractivity contribution in [1.82, 2.24) is 9.97 Å². The first-order chi connectivity index (χ1) is 9.69. The highest BCUT2D eigenvalue weighted by atomic mass is 35.5. The van der Waals surface area contributed by atoms with Crippen molar-refractivity contribution in [2.75, 3.05) is 21.3 Å². The van der Waals surface area contributed by atoms with Crippen LogP contribution in [0.1, 0.15) is 5.82 Å². The molecule has 0 aliphatic heterocycles. The zero-order chi connectivity index (χ0) is 14.5. The van der Waals surface area contributed by atoms with Gasteiger partial charge in [0.1, 0.15) is 23.3 Å². The first-order valence-corrected chi connectivity index (χ1v) is 6.31. The number of nitrogens with zero attached hydrogens (tertiary/aromatic N) is 2. The molecule has 0 radical (unpaired) electrons. The van der Waals surface area contributed by atoms with E-state index in [-0.39, 0.29) is 6.61 Å². The Labute approximate surface area is 122 Å². The van der Waals surface area contributed by atoms with Crippen LogP contribution in [0, 0.1) is 0 Å². The van der Waals surface area contributed by atoms with Gasteiger partial charge in [0.2, 0.25) is 0 Å². The molecule has 5 nitrogen and oxygen atoms in total. The lowest BCUT2D eigenvalue weighted by Crippen LogP contribution is -2.01. The van der Waals surface area contributed by atoms with E-state index in [4.69, 9.17) is 25.8 Å². The molecule has 0 amide bonds. The first-order valence-electron chi connectivity index (χ1n) is 5.93. The van der Waals surface area contributed by atoms with Crippen molar-refractivity contribution in [3.05, 3.63) is 35.2 Å². The summed E-state index contributed by atoms with van der Waals surface area (Å²) in [5.41, 5.74) is 1.37. The van der Waals surface area contributed by atoms with Crippen LogP contribution in [0.4, 0.5) is 0 Å². The molecular weight excluding hydrogens is 280 g/mol. The largest absolute Gasteiger partial charge is 0.496 e. The second-order valence-electron chi connectivity index (χ2n) is 3.96. The maximum Gasteiger partial charge on any atom is 0.156 e. The average Bonchev–Trinajstić information content (AvgIpc) is 2.46. The third-order valence-electron chi connectivity index (χ3n) is 2.70. The van der Waals surface area contributed by atoms with Gasteiger partial charge < -0.3 is 14.2 Å². The molecule has 1 aromatic carbocycles. The summed E-state index contributed by atoms with van der Waals surface area (Å²) in [7, 11) is 4.77. The van der Waals surface area contributed by atoms with Gasteiger partial charge in [-0.3, -0.25) is 0 Å². The van der Waals surface area contributed by atoms with Crippen LogP contribution < -0.4 is 9.47 Å². The second kappa shape index (κ2) is 6.54. The number of methoxy groups -OCH3 is 3. The van der Waals surface area contributed by atoms with E-state index in [0.717, 1.165) is 5.56 Å². The Morgan fingerprint density at radius 3 is 2.25 bits per heavy atom. The van der Waals surface area contributed by atoms with Gasteiger partial charge in [0, 0.05) is 13.2 Å². The summed E-state index contributed by atoms with van der Waals surface area (Å²) < 4.78 is 15.8. The van der Waals surface area contributed by atoms with Gasteiger partial charge in [0.05, 0.1) is 25.5 Å². The van der Waals surface area contributed by atoms with E-state index in [1.54, 1.807) is 27.4 Å². The predicted molar refractivity (Wildman–Crippen MR) is 76.3 cm³/mol. The summed E-state index contributed by atoms with van der Waals surface area (Å²) in [4.78, 5) is 8.54. The predicted octanol–water partition coefficient (Wildman–Crippen LogP) is 2.96. The van der Waals surface area contributed by atoms with Crippen LogP contribution >= 0.6 is 11.6 Å². The fourth-order valence-electron chi connectivity index (χ4n) is 1.89. The molecule has 1 heterocycles. The monoisotopic (exact) mass is 294 g/mol. The van der Waals surface area contributed by atoms with Crippen LogP contribution in [-0.2, 0) is 11.3 Å². The molecule has 0 spiro atoms. The maximum atomic E-state index is 6.04. The number of halogens is 1. The standard InChI is InChI=1S/C14H15ClN2O3/c1-18-8-13-16-9(7-12(15)17-13)14-10(19-2)5-4-6-11(14)20-3/h4-7H,8H2,1-3H3. The zero-order valence-corrected chi connectivity index (χ0v) is 12.3. The van der Waals surface area contributed by atoms with Crippen LogP contribution in [-0.4, -0.2) is 31.3 Å². The lowest BCUT2D eigenvalue weighted by atomic mass is 10.1. The van der Waals surface area contributed by atoms with Crippen LogP contribution in [0.25, 0.3) is 11.3 Å². The van der Waals surface area contributed by atoms with Gasteiger partial charge in [0.15, 0.2) is 5.82 Å². The van der Waals surface area contributed by atoms with E-state index in [9.17, 15) is 0 Å². The minimum Gasteiger partial charge on any atom is -0.496 e. The van der Waals surface area contributed by atoms with E-state index in [1.165, 1.54) is 0 Å². The summed E-state index contributed by atoms with van der Waals surface area (Å²) in [6.45, 7) is 0.283. The highest BCUT2D eigenvalue weighted by Gasteiger charge is 2.15. The molecule has 20 heavy (non-hydrogen) atoms. The summed E-state index contributed by atoms with van der Waals surface area (Å²) >= 11 is 6.04. The Kier molecular flexibility index (Phi) is 4.76. The third kappa shape index (κ3) is 3.00. The molecule has 2 rings (SSSR count). The minimum absolute atomic E-state index is 0.283. The lowest BCUT2D eigenvalue weighted by molar-refractivity contribution is 0.178. The van der Waals surface area contributed by atoms with E-state index < -0.39 is 0 Å².